The van der Waals surface area contributed by atoms with Crippen LogP contribution in [-0.2, 0) is 19.6 Å². The molecule has 0 atom stereocenters. The Balaban J connectivity index is 1.47. The van der Waals surface area contributed by atoms with Crippen LogP contribution in [0, 0.1) is 6.92 Å². The fourth-order valence-corrected chi connectivity index (χ4v) is 6.68. The number of nitrogens with zero attached hydrogens (tertiary/aromatic N) is 3. The second kappa shape index (κ2) is 9.59. The number of thioether (sulfide) groups is 1. The summed E-state index contributed by atoms with van der Waals surface area (Å²) < 4.78 is 28.0. The fraction of sp³-hybridized carbons (Fsp3) is 0.269. The number of carbonyl (C=O) groups excluding carboxylic acids is 3. The van der Waals surface area contributed by atoms with Gasteiger partial charge >= 0.3 is 0 Å². The Morgan fingerprint density at radius 2 is 1.69 bits per heavy atom. The van der Waals surface area contributed by atoms with Crippen LogP contribution in [0.15, 0.2) is 64.5 Å². The lowest BCUT2D eigenvalue weighted by Crippen LogP contribution is -2.44. The van der Waals surface area contributed by atoms with Crippen molar-refractivity contribution in [1.29, 1.82) is 0 Å². The Hall–Kier alpha value is -3.37. The van der Waals surface area contributed by atoms with Crippen molar-refractivity contribution >= 4 is 55.8 Å². The summed E-state index contributed by atoms with van der Waals surface area (Å²) >= 11 is 0.758. The Morgan fingerprint density at radius 1 is 1.00 bits per heavy atom. The van der Waals surface area contributed by atoms with Crippen LogP contribution in [-0.4, -0.2) is 58.9 Å². The maximum absolute atomic E-state index is 13.4. The number of benzene rings is 2. The lowest BCUT2D eigenvalue weighted by Gasteiger charge is -2.27. The molecule has 0 spiro atoms. The zero-order valence-electron chi connectivity index (χ0n) is 19.7. The standard InChI is InChI=1S/C26H25N3O5S2/c1-18-9-11-20(12-10-18)36(33,34)29-16-19(21-7-3-4-8-22(21)29)15-23-25(31)28(26(32)35-23)17-24(30)27-13-5-2-6-14-27/h3-4,7-12,15-16H,2,5-6,13-14,17H2,1H3/b23-15-. The SMILES string of the molecule is Cc1ccc(S(=O)(=O)n2cc(/C=C3\SC(=O)N(CC(=O)N4CCCCC4)C3=O)c3ccccc32)cc1. The van der Waals surface area contributed by atoms with Gasteiger partial charge in [-0.15, -0.1) is 0 Å². The van der Waals surface area contributed by atoms with Gasteiger partial charge in [-0.3, -0.25) is 19.3 Å². The molecule has 5 rings (SSSR count). The van der Waals surface area contributed by atoms with E-state index in [1.165, 1.54) is 16.2 Å². The van der Waals surface area contributed by atoms with Crippen LogP contribution in [0.1, 0.15) is 30.4 Å². The van der Waals surface area contributed by atoms with E-state index in [4.69, 9.17) is 0 Å². The molecule has 2 aliphatic heterocycles. The van der Waals surface area contributed by atoms with Crippen LogP contribution in [0.5, 0.6) is 0 Å². The highest BCUT2D eigenvalue weighted by Crippen LogP contribution is 2.35. The first kappa shape index (κ1) is 24.3. The minimum absolute atomic E-state index is 0.150. The van der Waals surface area contributed by atoms with Gasteiger partial charge < -0.3 is 4.90 Å². The zero-order chi connectivity index (χ0) is 25.4. The minimum Gasteiger partial charge on any atom is -0.341 e. The van der Waals surface area contributed by atoms with Crippen molar-refractivity contribution in [2.75, 3.05) is 19.6 Å². The number of imide groups is 1. The maximum Gasteiger partial charge on any atom is 0.294 e. The van der Waals surface area contributed by atoms with E-state index in [1.54, 1.807) is 53.4 Å². The molecule has 0 radical (unpaired) electrons. The second-order valence-electron chi connectivity index (χ2n) is 8.92. The average Bonchev–Trinajstić information content (AvgIpc) is 3.38. The first-order valence-corrected chi connectivity index (χ1v) is 14.0. The first-order valence-electron chi connectivity index (χ1n) is 11.7. The van der Waals surface area contributed by atoms with E-state index < -0.39 is 21.2 Å². The van der Waals surface area contributed by atoms with Crippen LogP contribution in [0.3, 0.4) is 0 Å². The molecule has 0 saturated carbocycles. The number of carbonyl (C=O) groups is 3. The van der Waals surface area contributed by atoms with E-state index in [9.17, 15) is 22.8 Å². The van der Waals surface area contributed by atoms with Crippen LogP contribution >= 0.6 is 11.8 Å². The molecule has 3 heterocycles. The average molecular weight is 524 g/mol. The smallest absolute Gasteiger partial charge is 0.294 e. The van der Waals surface area contributed by atoms with Gasteiger partial charge in [-0.25, -0.2) is 12.4 Å². The van der Waals surface area contributed by atoms with Crippen molar-refractivity contribution in [3.63, 3.8) is 0 Å². The molecule has 2 saturated heterocycles. The summed E-state index contributed by atoms with van der Waals surface area (Å²) in [6, 6.07) is 13.6. The van der Waals surface area contributed by atoms with Crippen molar-refractivity contribution in [2.45, 2.75) is 31.1 Å². The molecule has 0 bridgehead atoms. The summed E-state index contributed by atoms with van der Waals surface area (Å²) in [6.07, 6.45) is 5.90. The maximum atomic E-state index is 13.4. The summed E-state index contributed by atoms with van der Waals surface area (Å²) in [6.45, 7) is 2.87. The number of piperidine rings is 1. The van der Waals surface area contributed by atoms with E-state index in [2.05, 4.69) is 0 Å². The Kier molecular flexibility index (Phi) is 6.48. The molecule has 186 valence electrons. The van der Waals surface area contributed by atoms with E-state index in [0.717, 1.165) is 41.5 Å². The zero-order valence-corrected chi connectivity index (χ0v) is 21.3. The van der Waals surface area contributed by atoms with Crippen LogP contribution in [0.2, 0.25) is 0 Å². The highest BCUT2D eigenvalue weighted by atomic mass is 32.2. The lowest BCUT2D eigenvalue weighted by molar-refractivity contribution is -0.136. The third kappa shape index (κ3) is 4.46. The summed E-state index contributed by atoms with van der Waals surface area (Å²) in [4.78, 5) is 41.3. The third-order valence-corrected chi connectivity index (χ3v) is 9.04. The molecular weight excluding hydrogens is 498 g/mol. The molecule has 3 amide bonds. The molecule has 1 aromatic heterocycles. The van der Waals surface area contributed by atoms with Gasteiger partial charge in [0.15, 0.2) is 0 Å². The molecule has 36 heavy (non-hydrogen) atoms. The Bertz CT molecular complexity index is 1500. The molecule has 3 aromatic rings. The molecule has 0 unspecified atom stereocenters. The number of rotatable bonds is 5. The number of fused-ring (bicyclic) bond motifs is 1. The van der Waals surface area contributed by atoms with E-state index >= 15 is 0 Å². The number of likely N-dealkylation sites (tertiary alicyclic amines) is 1. The normalized spacial score (nSPS) is 18.0. The van der Waals surface area contributed by atoms with Crippen LogP contribution in [0.25, 0.3) is 17.0 Å². The number of aromatic nitrogens is 1. The predicted octanol–water partition coefficient (Wildman–Crippen LogP) is 4.24. The van der Waals surface area contributed by atoms with Gasteiger partial charge in [-0.2, -0.15) is 0 Å². The van der Waals surface area contributed by atoms with Crippen molar-refractivity contribution in [2.24, 2.45) is 0 Å². The molecule has 10 heteroatoms. The Labute approximate surface area is 213 Å². The molecule has 2 fully saturated rings. The molecule has 8 nitrogen and oxygen atoms in total. The van der Waals surface area contributed by atoms with Crippen LogP contribution in [0.4, 0.5) is 4.79 Å². The number of hydrogen-bond donors (Lipinski definition) is 0. The number of para-hydroxylation sites is 1. The van der Waals surface area contributed by atoms with Crippen molar-refractivity contribution in [3.05, 3.63) is 70.8 Å². The van der Waals surface area contributed by atoms with E-state index in [1.807, 2.05) is 6.92 Å². The van der Waals surface area contributed by atoms with E-state index in [0.29, 0.717) is 29.6 Å². The minimum atomic E-state index is -3.89. The number of hydrogen-bond acceptors (Lipinski definition) is 6. The van der Waals surface area contributed by atoms with Crippen molar-refractivity contribution < 1.29 is 22.8 Å². The molecule has 0 aliphatic carbocycles. The Morgan fingerprint density at radius 3 is 2.42 bits per heavy atom. The van der Waals surface area contributed by atoms with E-state index in [-0.39, 0.29) is 22.3 Å². The highest BCUT2D eigenvalue weighted by molar-refractivity contribution is 8.18. The summed E-state index contributed by atoms with van der Waals surface area (Å²) in [5.41, 5.74) is 1.90. The third-order valence-electron chi connectivity index (χ3n) is 6.45. The predicted molar refractivity (Wildman–Crippen MR) is 139 cm³/mol. The monoisotopic (exact) mass is 523 g/mol. The topological polar surface area (TPSA) is 96.8 Å². The fourth-order valence-electron chi connectivity index (χ4n) is 4.47. The van der Waals surface area contributed by atoms with Crippen LogP contribution < -0.4 is 0 Å². The van der Waals surface area contributed by atoms with Crippen molar-refractivity contribution in [1.82, 2.24) is 13.8 Å². The summed E-state index contributed by atoms with van der Waals surface area (Å²) in [5, 5.41) is 0.122. The van der Waals surface area contributed by atoms with Gasteiger partial charge in [0, 0.05) is 30.2 Å². The van der Waals surface area contributed by atoms with Gasteiger partial charge in [0.05, 0.1) is 15.3 Å². The van der Waals surface area contributed by atoms with Gasteiger partial charge in [0.25, 0.3) is 21.2 Å². The lowest BCUT2D eigenvalue weighted by atomic mass is 10.1. The largest absolute Gasteiger partial charge is 0.341 e. The highest BCUT2D eigenvalue weighted by Gasteiger charge is 2.37. The molecule has 0 N–H and O–H groups in total. The number of aryl methyl sites for hydroxylation is 1. The second-order valence-corrected chi connectivity index (χ2v) is 11.7. The molecular formula is C26H25N3O5S2. The first-order chi connectivity index (χ1) is 17.3. The number of amides is 3. The summed E-state index contributed by atoms with van der Waals surface area (Å²) in [7, 11) is -3.89. The van der Waals surface area contributed by atoms with Gasteiger partial charge in [0.1, 0.15) is 6.54 Å². The van der Waals surface area contributed by atoms with Gasteiger partial charge in [-0.05, 0) is 62.2 Å². The van der Waals surface area contributed by atoms with Gasteiger partial charge in [-0.1, -0.05) is 35.9 Å². The molecule has 2 aliphatic rings. The molecule has 2 aromatic carbocycles. The quantitative estimate of drug-likeness (QED) is 0.464. The van der Waals surface area contributed by atoms with Crippen molar-refractivity contribution in [3.8, 4) is 0 Å². The summed E-state index contributed by atoms with van der Waals surface area (Å²) in [5.74, 6) is -0.785. The van der Waals surface area contributed by atoms with Gasteiger partial charge in [0.2, 0.25) is 5.91 Å².